The van der Waals surface area contributed by atoms with Crippen LogP contribution in [0.15, 0.2) is 36.4 Å². The Hall–Kier alpha value is -2.46. The highest BCUT2D eigenvalue weighted by Gasteiger charge is 2.21. The van der Waals surface area contributed by atoms with Crippen molar-refractivity contribution in [2.75, 3.05) is 34.5 Å². The number of ether oxygens (including phenoxy) is 3. The molecule has 0 spiro atoms. The number of fused-ring (bicyclic) bond motifs is 5. The van der Waals surface area contributed by atoms with Crippen LogP contribution in [0.4, 0.5) is 0 Å². The summed E-state index contributed by atoms with van der Waals surface area (Å²) in [4.78, 5) is 2.20. The molecule has 1 aliphatic heterocycles. The average Bonchev–Trinajstić information content (AvgIpc) is 3.06. The average molecular weight is 323 g/mol. The number of nitrogens with zero attached hydrogens (tertiary/aromatic N) is 1. The molecule has 24 heavy (non-hydrogen) atoms. The Morgan fingerprint density at radius 2 is 1.88 bits per heavy atom. The SMILES string of the molecule is COc1ccc2c(ccc3c(CCN(C)C)cc4c(c32)OCO4)c1. The van der Waals surface area contributed by atoms with Crippen molar-refractivity contribution >= 4 is 21.5 Å². The third kappa shape index (κ3) is 2.43. The Balaban J connectivity index is 1.99. The van der Waals surface area contributed by atoms with Crippen LogP contribution in [0.2, 0.25) is 0 Å². The molecule has 0 aromatic heterocycles. The number of benzene rings is 3. The molecule has 124 valence electrons. The zero-order valence-electron chi connectivity index (χ0n) is 14.3. The Labute approximate surface area is 141 Å². The predicted octanol–water partition coefficient (Wildman–Crippen LogP) is 3.83. The largest absolute Gasteiger partial charge is 0.497 e. The van der Waals surface area contributed by atoms with Gasteiger partial charge in [0.2, 0.25) is 6.79 Å². The van der Waals surface area contributed by atoms with Gasteiger partial charge in [-0.15, -0.1) is 0 Å². The first-order chi connectivity index (χ1) is 11.7. The van der Waals surface area contributed by atoms with E-state index in [0.29, 0.717) is 0 Å². The topological polar surface area (TPSA) is 30.9 Å². The molecule has 3 aromatic rings. The van der Waals surface area contributed by atoms with E-state index in [9.17, 15) is 0 Å². The molecule has 0 saturated carbocycles. The predicted molar refractivity (Wildman–Crippen MR) is 96.4 cm³/mol. The van der Waals surface area contributed by atoms with Crippen molar-refractivity contribution in [3.63, 3.8) is 0 Å². The molecular formula is C20H21NO3. The molecule has 0 radical (unpaired) electrons. The van der Waals surface area contributed by atoms with Gasteiger partial charge >= 0.3 is 0 Å². The Kier molecular flexibility index (Phi) is 3.69. The van der Waals surface area contributed by atoms with Gasteiger partial charge in [-0.1, -0.05) is 12.1 Å². The fraction of sp³-hybridized carbons (Fsp3) is 0.300. The number of methoxy groups -OCH3 is 1. The summed E-state index contributed by atoms with van der Waals surface area (Å²) in [5.41, 5.74) is 1.29. The van der Waals surface area contributed by atoms with Gasteiger partial charge in [0.05, 0.1) is 7.11 Å². The van der Waals surface area contributed by atoms with Crippen LogP contribution < -0.4 is 14.2 Å². The van der Waals surface area contributed by atoms with E-state index in [2.05, 4.69) is 49.3 Å². The van der Waals surface area contributed by atoms with Crippen LogP contribution in [0, 0.1) is 0 Å². The summed E-state index contributed by atoms with van der Waals surface area (Å²) in [5.74, 6) is 2.56. The van der Waals surface area contributed by atoms with Crippen LogP contribution in [0.5, 0.6) is 17.2 Å². The maximum Gasteiger partial charge on any atom is 0.231 e. The zero-order valence-corrected chi connectivity index (χ0v) is 14.3. The molecular weight excluding hydrogens is 302 g/mol. The number of hydrogen-bond donors (Lipinski definition) is 0. The van der Waals surface area contributed by atoms with E-state index in [1.165, 1.54) is 16.3 Å². The number of likely N-dealkylation sites (N-methyl/N-ethyl adjacent to an activating group) is 1. The number of hydrogen-bond acceptors (Lipinski definition) is 4. The Morgan fingerprint density at radius 3 is 2.67 bits per heavy atom. The van der Waals surface area contributed by atoms with E-state index in [-0.39, 0.29) is 6.79 Å². The van der Waals surface area contributed by atoms with Crippen molar-refractivity contribution in [1.29, 1.82) is 0 Å². The van der Waals surface area contributed by atoms with Gasteiger partial charge < -0.3 is 19.1 Å². The summed E-state index contributed by atoms with van der Waals surface area (Å²) < 4.78 is 16.8. The molecule has 0 saturated heterocycles. The second-order valence-electron chi connectivity index (χ2n) is 6.40. The molecule has 4 rings (SSSR count). The monoisotopic (exact) mass is 323 g/mol. The lowest BCUT2D eigenvalue weighted by Crippen LogP contribution is -2.15. The van der Waals surface area contributed by atoms with Crippen LogP contribution in [-0.2, 0) is 6.42 Å². The van der Waals surface area contributed by atoms with E-state index in [1.807, 2.05) is 6.07 Å². The third-order valence-corrected chi connectivity index (χ3v) is 4.58. The first kappa shape index (κ1) is 15.1. The first-order valence-electron chi connectivity index (χ1n) is 8.14. The molecule has 4 heteroatoms. The second-order valence-corrected chi connectivity index (χ2v) is 6.40. The van der Waals surface area contributed by atoms with Gasteiger partial charge in [0, 0.05) is 11.9 Å². The Morgan fingerprint density at radius 1 is 1.04 bits per heavy atom. The summed E-state index contributed by atoms with van der Waals surface area (Å²) in [7, 11) is 5.88. The lowest BCUT2D eigenvalue weighted by Gasteiger charge is -2.14. The molecule has 0 fully saturated rings. The molecule has 1 heterocycles. The molecule has 0 amide bonds. The van der Waals surface area contributed by atoms with Gasteiger partial charge in [-0.25, -0.2) is 0 Å². The Bertz CT molecular complexity index is 918. The molecule has 0 aliphatic carbocycles. The summed E-state index contributed by atoms with van der Waals surface area (Å²) in [6.07, 6.45) is 0.974. The van der Waals surface area contributed by atoms with E-state index >= 15 is 0 Å². The standard InChI is InChI=1S/C20H21NO3/c1-21(2)9-8-14-11-18-20(24-12-23-18)19-16(14)6-4-13-10-15(22-3)5-7-17(13)19/h4-7,10-11H,8-9,12H2,1-3H3. The maximum absolute atomic E-state index is 5.79. The lowest BCUT2D eigenvalue weighted by atomic mass is 9.95. The summed E-state index contributed by atoms with van der Waals surface area (Å²) in [6, 6.07) is 12.6. The highest BCUT2D eigenvalue weighted by Crippen LogP contribution is 2.44. The zero-order chi connectivity index (χ0) is 16.7. The minimum atomic E-state index is 0.286. The summed E-state index contributed by atoms with van der Waals surface area (Å²) in [6.45, 7) is 1.28. The van der Waals surface area contributed by atoms with E-state index in [4.69, 9.17) is 14.2 Å². The minimum absolute atomic E-state index is 0.286. The van der Waals surface area contributed by atoms with Gasteiger partial charge in [-0.3, -0.25) is 0 Å². The molecule has 0 atom stereocenters. The van der Waals surface area contributed by atoms with E-state index < -0.39 is 0 Å². The molecule has 0 bridgehead atoms. The molecule has 1 aliphatic rings. The van der Waals surface area contributed by atoms with E-state index in [1.54, 1.807) is 7.11 Å². The van der Waals surface area contributed by atoms with Crippen LogP contribution >= 0.6 is 0 Å². The van der Waals surface area contributed by atoms with Crippen molar-refractivity contribution in [2.24, 2.45) is 0 Å². The molecule has 3 aromatic carbocycles. The normalized spacial score (nSPS) is 13.2. The van der Waals surface area contributed by atoms with Gasteiger partial charge in [-0.2, -0.15) is 0 Å². The van der Waals surface area contributed by atoms with Gasteiger partial charge in [0.25, 0.3) is 0 Å². The minimum Gasteiger partial charge on any atom is -0.497 e. The molecule has 4 nitrogen and oxygen atoms in total. The van der Waals surface area contributed by atoms with E-state index in [0.717, 1.165) is 41.0 Å². The molecule has 0 N–H and O–H groups in total. The summed E-state index contributed by atoms with van der Waals surface area (Å²) in [5, 5.41) is 4.68. The number of rotatable bonds is 4. The van der Waals surface area contributed by atoms with Gasteiger partial charge in [0.15, 0.2) is 11.5 Å². The van der Waals surface area contributed by atoms with Crippen LogP contribution in [0.25, 0.3) is 21.5 Å². The van der Waals surface area contributed by atoms with Crippen LogP contribution in [0.3, 0.4) is 0 Å². The highest BCUT2D eigenvalue weighted by molar-refractivity contribution is 6.13. The second kappa shape index (κ2) is 5.87. The van der Waals surface area contributed by atoms with Crippen molar-refractivity contribution < 1.29 is 14.2 Å². The van der Waals surface area contributed by atoms with Crippen molar-refractivity contribution in [2.45, 2.75) is 6.42 Å². The van der Waals surface area contributed by atoms with Crippen molar-refractivity contribution in [3.05, 3.63) is 42.0 Å². The molecule has 0 unspecified atom stereocenters. The summed E-state index contributed by atoms with van der Waals surface area (Å²) >= 11 is 0. The first-order valence-corrected chi connectivity index (χ1v) is 8.14. The van der Waals surface area contributed by atoms with Gasteiger partial charge in [-0.05, 0) is 66.5 Å². The van der Waals surface area contributed by atoms with Crippen molar-refractivity contribution in [1.82, 2.24) is 4.90 Å². The lowest BCUT2D eigenvalue weighted by molar-refractivity contribution is 0.175. The van der Waals surface area contributed by atoms with Crippen LogP contribution in [-0.4, -0.2) is 39.4 Å². The third-order valence-electron chi connectivity index (χ3n) is 4.58. The fourth-order valence-corrected chi connectivity index (χ4v) is 3.33. The highest BCUT2D eigenvalue weighted by atomic mass is 16.7. The fourth-order valence-electron chi connectivity index (χ4n) is 3.33. The van der Waals surface area contributed by atoms with Crippen molar-refractivity contribution in [3.8, 4) is 17.2 Å². The van der Waals surface area contributed by atoms with Gasteiger partial charge in [0.1, 0.15) is 5.75 Å². The van der Waals surface area contributed by atoms with Crippen LogP contribution in [0.1, 0.15) is 5.56 Å². The smallest absolute Gasteiger partial charge is 0.231 e. The quantitative estimate of drug-likeness (QED) is 0.683. The maximum atomic E-state index is 5.79.